The molecule has 1 heterocycles. The number of hydrogen-bond donors (Lipinski definition) is 5. The van der Waals surface area contributed by atoms with E-state index >= 15 is 0 Å². The van der Waals surface area contributed by atoms with Crippen molar-refractivity contribution in [2.24, 2.45) is 22.2 Å². The lowest BCUT2D eigenvalue weighted by atomic mass is 10.1. The number of nitrogens with zero attached hydrogens (tertiary/aromatic N) is 2. The van der Waals surface area contributed by atoms with Gasteiger partial charge in [-0.15, -0.1) is 11.3 Å². The van der Waals surface area contributed by atoms with E-state index in [4.69, 9.17) is 36.5 Å². The van der Waals surface area contributed by atoms with Crippen LogP contribution in [-0.4, -0.2) is 47.7 Å². The van der Waals surface area contributed by atoms with Gasteiger partial charge in [0.05, 0.1) is 18.8 Å². The summed E-state index contributed by atoms with van der Waals surface area (Å²) in [6.07, 6.45) is 1.07. The van der Waals surface area contributed by atoms with E-state index in [0.717, 1.165) is 27.8 Å². The van der Waals surface area contributed by atoms with Crippen LogP contribution in [0.2, 0.25) is 0 Å². The maximum Gasteiger partial charge on any atom is 0.391 e. The van der Waals surface area contributed by atoms with Crippen molar-refractivity contribution in [2.45, 2.75) is 30.4 Å². The average Bonchev–Trinajstić information content (AvgIpc) is 3.28. The van der Waals surface area contributed by atoms with Crippen molar-refractivity contribution in [1.29, 1.82) is 5.26 Å². The Morgan fingerprint density at radius 1 is 1.22 bits per heavy atom. The summed E-state index contributed by atoms with van der Waals surface area (Å²) in [4.78, 5) is 14.2. The largest absolute Gasteiger partial charge is 0.490 e. The monoisotopic (exact) mass is 626 g/mol. The number of aryl methyl sites for hydroxylation is 1. The Hall–Kier alpha value is -3.25. The number of nitriles is 1. The third kappa shape index (κ3) is 9.12. The Morgan fingerprint density at radius 2 is 1.93 bits per heavy atom. The van der Waals surface area contributed by atoms with Gasteiger partial charge >= 0.3 is 7.60 Å². The fourth-order valence-corrected chi connectivity index (χ4v) is 7.63. The van der Waals surface area contributed by atoms with E-state index in [1.54, 1.807) is 12.1 Å². The lowest BCUT2D eigenvalue weighted by molar-refractivity contribution is 0.266. The van der Waals surface area contributed by atoms with Gasteiger partial charge in [0.1, 0.15) is 39.1 Å². The van der Waals surface area contributed by atoms with Crippen LogP contribution < -0.4 is 35.9 Å². The van der Waals surface area contributed by atoms with E-state index in [0.29, 0.717) is 61.3 Å². The molecule has 0 fully saturated rings. The number of halogens is 1. The molecular weight excluding hydrogens is 594 g/mol. The first-order chi connectivity index (χ1) is 19.6. The molecule has 2 atom stereocenters. The van der Waals surface area contributed by atoms with Gasteiger partial charge in [-0.3, -0.25) is 4.99 Å². The summed E-state index contributed by atoms with van der Waals surface area (Å²) in [5.41, 5.74) is 16.9. The molecular formula is C25H32FN6O6PS2. The maximum atomic E-state index is 13.8. The number of hydrogen-bond acceptors (Lipinski definition) is 9. The van der Waals surface area contributed by atoms with Crippen LogP contribution >= 0.6 is 18.9 Å². The fourth-order valence-electron chi connectivity index (χ4n) is 3.61. The van der Waals surface area contributed by atoms with Gasteiger partial charge in [0.2, 0.25) is 0 Å². The smallest absolute Gasteiger partial charge is 0.391 e. The van der Waals surface area contributed by atoms with Gasteiger partial charge in [-0.25, -0.2) is 17.9 Å². The van der Waals surface area contributed by atoms with Crippen LogP contribution in [0.5, 0.6) is 17.2 Å². The highest BCUT2D eigenvalue weighted by Gasteiger charge is 2.25. The molecule has 1 aromatic heterocycles. The minimum Gasteiger partial charge on any atom is -0.490 e. The Kier molecular flexibility index (Phi) is 11.9. The molecule has 0 aliphatic carbocycles. The molecule has 0 amide bonds. The van der Waals surface area contributed by atoms with E-state index in [2.05, 4.69) is 9.71 Å². The number of nitrogens with one attached hydrogen (secondary N) is 1. The maximum absolute atomic E-state index is 13.8. The van der Waals surface area contributed by atoms with Crippen LogP contribution in [0.15, 0.2) is 39.5 Å². The Balaban J connectivity index is 1.79. The number of rotatable bonds is 16. The molecule has 0 spiro atoms. The number of nitrogens with two attached hydrogens (primary N) is 3. The second kappa shape index (κ2) is 15.1. The predicted molar refractivity (Wildman–Crippen MR) is 157 cm³/mol. The Labute approximate surface area is 243 Å². The van der Waals surface area contributed by atoms with E-state index in [1.165, 1.54) is 17.4 Å². The van der Waals surface area contributed by atoms with Gasteiger partial charge in [-0.2, -0.15) is 5.26 Å². The zero-order valence-electron chi connectivity index (χ0n) is 22.3. The van der Waals surface area contributed by atoms with E-state index in [1.807, 2.05) is 13.0 Å². The predicted octanol–water partition coefficient (Wildman–Crippen LogP) is 3.08. The van der Waals surface area contributed by atoms with Crippen LogP contribution in [-0.2, 0) is 22.0 Å². The third-order valence-electron chi connectivity index (χ3n) is 5.51. The van der Waals surface area contributed by atoms with Crippen molar-refractivity contribution in [3.8, 4) is 23.3 Å². The first kappa shape index (κ1) is 32.3. The highest BCUT2D eigenvalue weighted by Crippen LogP contribution is 2.43. The van der Waals surface area contributed by atoms with Crippen molar-refractivity contribution in [1.82, 2.24) is 4.72 Å². The molecule has 3 aromatic rings. The number of guanidine groups is 1. The molecule has 0 radical (unpaired) electrons. The number of thiophene rings is 1. The minimum atomic E-state index is -4.37. The van der Waals surface area contributed by atoms with E-state index in [9.17, 15) is 18.1 Å². The normalized spacial score (nSPS) is 13.2. The van der Waals surface area contributed by atoms with E-state index < -0.39 is 30.7 Å². The van der Waals surface area contributed by atoms with Crippen LogP contribution in [0.1, 0.15) is 30.9 Å². The first-order valence-electron chi connectivity index (χ1n) is 12.5. The van der Waals surface area contributed by atoms with Crippen LogP contribution in [0, 0.1) is 17.1 Å². The highest BCUT2D eigenvalue weighted by atomic mass is 32.2. The summed E-state index contributed by atoms with van der Waals surface area (Å²) in [6.45, 7) is 3.48. The zero-order chi connectivity index (χ0) is 30.0. The molecule has 0 saturated carbocycles. The standard InChI is InChI=1S/C25H32FN6O6PS2/c1-2-18-19-12-21(37-10-4-8-31-25(29)30)22(36-9-3-7-27)13-23(19)40-24(18)41(35)32-15-39(33,34)38-17-6-5-16(14-28)20(26)11-17/h5-6,11-13,32H,2-4,7-10,15,27H2,1H3,(H,33,34)(H4,29,30,31). The molecule has 8 N–H and O–H groups in total. The van der Waals surface area contributed by atoms with Crippen molar-refractivity contribution in [3.05, 3.63) is 47.3 Å². The molecule has 12 nitrogen and oxygen atoms in total. The van der Waals surface area contributed by atoms with Gasteiger partial charge in [0, 0.05) is 35.2 Å². The quantitative estimate of drug-likeness (QED) is 0.0679. The topological polar surface area (TPSA) is 208 Å². The summed E-state index contributed by atoms with van der Waals surface area (Å²) in [5, 5.41) is 9.65. The average molecular weight is 627 g/mol. The molecule has 0 aliphatic heterocycles. The van der Waals surface area contributed by atoms with Gasteiger partial charge in [-0.1, -0.05) is 6.92 Å². The number of aliphatic imine (C=N–C) groups is 1. The molecule has 41 heavy (non-hydrogen) atoms. The summed E-state index contributed by atoms with van der Waals surface area (Å²) >= 11 is 1.25. The lowest BCUT2D eigenvalue weighted by Gasteiger charge is -2.14. The highest BCUT2D eigenvalue weighted by molar-refractivity contribution is 7.86. The number of fused-ring (bicyclic) bond motifs is 1. The molecule has 16 heteroatoms. The lowest BCUT2D eigenvalue weighted by Crippen LogP contribution is -2.23. The second-order valence-electron chi connectivity index (χ2n) is 8.57. The second-order valence-corrected chi connectivity index (χ2v) is 12.9. The third-order valence-corrected chi connectivity index (χ3v) is 9.46. The van der Waals surface area contributed by atoms with Crippen LogP contribution in [0.4, 0.5) is 4.39 Å². The molecule has 0 bridgehead atoms. The SMILES string of the molecule is CCc1c(S(=O)NCP(=O)(O)Oc2ccc(C#N)c(F)c2)sc2cc(OCCCN)c(OCCCN=C(N)N)cc12. The van der Waals surface area contributed by atoms with Crippen molar-refractivity contribution >= 4 is 46.0 Å². The van der Waals surface area contributed by atoms with Crippen molar-refractivity contribution < 1.29 is 32.1 Å². The van der Waals surface area contributed by atoms with Crippen LogP contribution in [0.3, 0.4) is 0 Å². The summed E-state index contributed by atoms with van der Waals surface area (Å²) in [6, 6.07) is 8.47. The van der Waals surface area contributed by atoms with Gasteiger partial charge in [0.25, 0.3) is 0 Å². The summed E-state index contributed by atoms with van der Waals surface area (Å²) in [5.74, 6) is -0.110. The van der Waals surface area contributed by atoms with Crippen LogP contribution in [0.25, 0.3) is 10.1 Å². The molecule has 2 aromatic carbocycles. The Morgan fingerprint density at radius 3 is 2.56 bits per heavy atom. The summed E-state index contributed by atoms with van der Waals surface area (Å²) in [7, 11) is -6.24. The number of ether oxygens (including phenoxy) is 2. The summed E-state index contributed by atoms with van der Waals surface area (Å²) < 4.78 is 60.4. The molecule has 3 rings (SSSR count). The fraction of sp³-hybridized carbons (Fsp3) is 0.360. The molecule has 0 saturated heterocycles. The van der Waals surface area contributed by atoms with Crippen molar-refractivity contribution in [2.75, 3.05) is 32.6 Å². The van der Waals surface area contributed by atoms with Gasteiger partial charge < -0.3 is 36.1 Å². The molecule has 0 aliphatic rings. The van der Waals surface area contributed by atoms with E-state index in [-0.39, 0.29) is 17.3 Å². The minimum absolute atomic E-state index is 0.00416. The zero-order valence-corrected chi connectivity index (χ0v) is 24.8. The first-order valence-corrected chi connectivity index (χ1v) is 16.3. The van der Waals surface area contributed by atoms with Crippen molar-refractivity contribution in [3.63, 3.8) is 0 Å². The Bertz CT molecular complexity index is 1510. The number of benzene rings is 2. The van der Waals surface area contributed by atoms with Gasteiger partial charge in [0.15, 0.2) is 17.5 Å². The molecule has 2 unspecified atom stereocenters. The van der Waals surface area contributed by atoms with Gasteiger partial charge in [-0.05, 0) is 43.1 Å². The molecule has 222 valence electrons.